The van der Waals surface area contributed by atoms with Crippen LogP contribution in [0.4, 0.5) is 10.7 Å². The number of hydrogen-bond acceptors (Lipinski definition) is 7. The van der Waals surface area contributed by atoms with Crippen molar-refractivity contribution in [3.8, 4) is 17.0 Å². The fourth-order valence-corrected chi connectivity index (χ4v) is 2.98. The summed E-state index contributed by atoms with van der Waals surface area (Å²) in [7, 11) is 4.05. The van der Waals surface area contributed by atoms with Crippen LogP contribution in [-0.2, 0) is 6.42 Å². The Morgan fingerprint density at radius 1 is 1.28 bits per heavy atom. The highest BCUT2D eigenvalue weighted by Gasteiger charge is 2.13. The van der Waals surface area contributed by atoms with Gasteiger partial charge in [0.1, 0.15) is 5.65 Å². The molecule has 0 spiro atoms. The van der Waals surface area contributed by atoms with Gasteiger partial charge in [0.05, 0.1) is 11.9 Å². The quantitative estimate of drug-likeness (QED) is 0.499. The van der Waals surface area contributed by atoms with Gasteiger partial charge in [-0.1, -0.05) is 6.92 Å². The maximum absolute atomic E-state index is 12.1. The lowest BCUT2D eigenvalue weighted by molar-refractivity contribution is 0.200. The van der Waals surface area contributed by atoms with E-state index < -0.39 is 6.09 Å². The topological polar surface area (TPSA) is 122 Å². The van der Waals surface area contributed by atoms with Gasteiger partial charge in [0, 0.05) is 29.4 Å². The Labute approximate surface area is 169 Å². The van der Waals surface area contributed by atoms with Crippen molar-refractivity contribution in [3.63, 3.8) is 0 Å². The standard InChI is InChI=1S/C20H27N7O2/c1-4-13-9-17(26-19(21)25-13)16-12-24-18-15(16)10-14(11-23-18)29-20(28)22-7-5-6-8-27(2)3/h9-12H,4-8H2,1-3H3,(H,22,28)(H,23,24)(H2,21,25,26). The number of unbranched alkanes of at least 4 members (excludes halogenated alkanes) is 1. The van der Waals surface area contributed by atoms with Gasteiger partial charge in [0.25, 0.3) is 0 Å². The highest BCUT2D eigenvalue weighted by Crippen LogP contribution is 2.29. The summed E-state index contributed by atoms with van der Waals surface area (Å²) in [6.07, 6.45) is 5.49. The van der Waals surface area contributed by atoms with E-state index in [4.69, 9.17) is 10.5 Å². The van der Waals surface area contributed by atoms with Crippen molar-refractivity contribution in [2.24, 2.45) is 0 Å². The molecule has 0 aliphatic rings. The molecule has 0 radical (unpaired) electrons. The van der Waals surface area contributed by atoms with Gasteiger partial charge in [0.15, 0.2) is 5.75 Å². The summed E-state index contributed by atoms with van der Waals surface area (Å²) >= 11 is 0. The molecule has 0 saturated heterocycles. The molecule has 0 atom stereocenters. The Morgan fingerprint density at radius 3 is 2.86 bits per heavy atom. The molecule has 3 heterocycles. The number of anilines is 1. The lowest BCUT2D eigenvalue weighted by Crippen LogP contribution is -2.28. The Balaban J connectivity index is 1.71. The number of nitrogens with one attached hydrogen (secondary N) is 2. The molecule has 9 heteroatoms. The van der Waals surface area contributed by atoms with Gasteiger partial charge in [-0.25, -0.2) is 19.7 Å². The zero-order valence-electron chi connectivity index (χ0n) is 17.0. The highest BCUT2D eigenvalue weighted by atomic mass is 16.6. The molecule has 154 valence electrons. The number of hydrogen-bond donors (Lipinski definition) is 3. The van der Waals surface area contributed by atoms with E-state index in [0.717, 1.165) is 42.5 Å². The average Bonchev–Trinajstić information content (AvgIpc) is 3.10. The van der Waals surface area contributed by atoms with Crippen molar-refractivity contribution in [3.05, 3.63) is 30.2 Å². The van der Waals surface area contributed by atoms with Crippen molar-refractivity contribution in [1.29, 1.82) is 0 Å². The molecular formula is C20H27N7O2. The first kappa shape index (κ1) is 20.5. The molecule has 29 heavy (non-hydrogen) atoms. The number of pyridine rings is 1. The molecule has 0 saturated carbocycles. The maximum atomic E-state index is 12.1. The lowest BCUT2D eigenvalue weighted by Gasteiger charge is -2.09. The summed E-state index contributed by atoms with van der Waals surface area (Å²) in [5.41, 5.74) is 8.89. The number of nitrogen functional groups attached to an aromatic ring is 1. The first-order valence-electron chi connectivity index (χ1n) is 9.67. The SMILES string of the molecule is CCc1cc(-c2c[nH]c3ncc(OC(=O)NCCCCN(C)C)cc23)nc(N)n1. The number of aryl methyl sites for hydroxylation is 1. The van der Waals surface area contributed by atoms with Gasteiger partial charge < -0.3 is 25.7 Å². The Hall–Kier alpha value is -3.20. The van der Waals surface area contributed by atoms with Crippen molar-refractivity contribution in [1.82, 2.24) is 30.2 Å². The number of fused-ring (bicyclic) bond motifs is 1. The second-order valence-electron chi connectivity index (χ2n) is 7.05. The summed E-state index contributed by atoms with van der Waals surface area (Å²) in [4.78, 5) is 30.1. The van der Waals surface area contributed by atoms with E-state index in [1.54, 1.807) is 6.07 Å². The molecule has 1 amide bonds. The number of nitrogens with two attached hydrogens (primary N) is 1. The number of aromatic nitrogens is 4. The minimum absolute atomic E-state index is 0.225. The fraction of sp³-hybridized carbons (Fsp3) is 0.400. The number of H-pyrrole nitrogens is 1. The minimum atomic E-state index is -0.493. The van der Waals surface area contributed by atoms with Crippen molar-refractivity contribution in [2.45, 2.75) is 26.2 Å². The van der Waals surface area contributed by atoms with Crippen LogP contribution in [0, 0.1) is 0 Å². The molecule has 4 N–H and O–H groups in total. The number of carbonyl (C=O) groups excluding carboxylic acids is 1. The number of aromatic amines is 1. The monoisotopic (exact) mass is 397 g/mol. The predicted molar refractivity (Wildman–Crippen MR) is 113 cm³/mol. The number of rotatable bonds is 8. The van der Waals surface area contributed by atoms with Gasteiger partial charge in [-0.2, -0.15) is 0 Å². The highest BCUT2D eigenvalue weighted by molar-refractivity contribution is 5.93. The summed E-state index contributed by atoms with van der Waals surface area (Å²) < 4.78 is 5.38. The van der Waals surface area contributed by atoms with Gasteiger partial charge in [0.2, 0.25) is 5.95 Å². The van der Waals surface area contributed by atoms with Crippen LogP contribution in [0.3, 0.4) is 0 Å². The summed E-state index contributed by atoms with van der Waals surface area (Å²) in [6.45, 7) is 3.56. The van der Waals surface area contributed by atoms with Crippen LogP contribution in [0.5, 0.6) is 5.75 Å². The Morgan fingerprint density at radius 2 is 2.10 bits per heavy atom. The molecule has 0 aliphatic carbocycles. The third-order valence-electron chi connectivity index (χ3n) is 4.45. The number of ether oxygens (including phenoxy) is 1. The number of amides is 1. The second kappa shape index (κ2) is 9.33. The third-order valence-corrected chi connectivity index (χ3v) is 4.45. The van der Waals surface area contributed by atoms with E-state index in [1.807, 2.05) is 33.3 Å². The molecule has 0 unspecified atom stereocenters. The van der Waals surface area contributed by atoms with Crippen molar-refractivity contribution >= 4 is 23.1 Å². The average molecular weight is 397 g/mol. The smallest absolute Gasteiger partial charge is 0.409 e. The zero-order chi connectivity index (χ0) is 20.8. The second-order valence-corrected chi connectivity index (χ2v) is 7.05. The number of carbonyl (C=O) groups is 1. The normalized spacial score (nSPS) is 11.2. The van der Waals surface area contributed by atoms with Crippen LogP contribution in [0.25, 0.3) is 22.3 Å². The molecule has 0 bridgehead atoms. The molecule has 3 aromatic heterocycles. The Kier molecular flexibility index (Phi) is 6.61. The van der Waals surface area contributed by atoms with E-state index >= 15 is 0 Å². The summed E-state index contributed by atoms with van der Waals surface area (Å²) in [5.74, 6) is 0.588. The van der Waals surface area contributed by atoms with Gasteiger partial charge in [-0.15, -0.1) is 0 Å². The number of nitrogens with zero attached hydrogens (tertiary/aromatic N) is 4. The van der Waals surface area contributed by atoms with Gasteiger partial charge in [-0.3, -0.25) is 0 Å². The molecule has 0 fully saturated rings. The van der Waals surface area contributed by atoms with Crippen LogP contribution in [0.2, 0.25) is 0 Å². The molecule has 0 aliphatic heterocycles. The minimum Gasteiger partial charge on any atom is -0.409 e. The van der Waals surface area contributed by atoms with Crippen molar-refractivity contribution < 1.29 is 9.53 Å². The van der Waals surface area contributed by atoms with Crippen LogP contribution < -0.4 is 15.8 Å². The van der Waals surface area contributed by atoms with Crippen LogP contribution >= 0.6 is 0 Å². The molecule has 9 nitrogen and oxygen atoms in total. The van der Waals surface area contributed by atoms with Crippen molar-refractivity contribution in [2.75, 3.05) is 32.9 Å². The molecular weight excluding hydrogens is 370 g/mol. The van der Waals surface area contributed by atoms with Crippen LogP contribution in [0.1, 0.15) is 25.5 Å². The summed E-state index contributed by atoms with van der Waals surface area (Å²) in [5, 5.41) is 3.56. The largest absolute Gasteiger partial charge is 0.412 e. The Bertz CT molecular complexity index is 984. The van der Waals surface area contributed by atoms with Gasteiger partial charge >= 0.3 is 6.09 Å². The van der Waals surface area contributed by atoms with E-state index in [-0.39, 0.29) is 5.95 Å². The zero-order valence-corrected chi connectivity index (χ0v) is 17.0. The first-order chi connectivity index (χ1) is 14.0. The lowest BCUT2D eigenvalue weighted by atomic mass is 10.1. The predicted octanol–water partition coefficient (Wildman–Crippen LogP) is 2.59. The maximum Gasteiger partial charge on any atom is 0.412 e. The first-order valence-corrected chi connectivity index (χ1v) is 9.67. The molecule has 3 rings (SSSR count). The van der Waals surface area contributed by atoms with Crippen LogP contribution in [-0.4, -0.2) is 58.1 Å². The summed E-state index contributed by atoms with van der Waals surface area (Å²) in [6, 6.07) is 3.66. The van der Waals surface area contributed by atoms with Crippen LogP contribution in [0.15, 0.2) is 24.5 Å². The fourth-order valence-electron chi connectivity index (χ4n) is 2.98. The van der Waals surface area contributed by atoms with E-state index in [9.17, 15) is 4.79 Å². The molecule has 3 aromatic rings. The van der Waals surface area contributed by atoms with E-state index in [1.165, 1.54) is 6.20 Å². The molecule has 0 aromatic carbocycles. The van der Waals surface area contributed by atoms with E-state index in [2.05, 4.69) is 30.2 Å². The van der Waals surface area contributed by atoms with Gasteiger partial charge in [-0.05, 0) is 52.0 Å². The third kappa shape index (κ3) is 5.41. The van der Waals surface area contributed by atoms with E-state index in [0.29, 0.717) is 23.6 Å².